The molecule has 1 fully saturated rings. The van der Waals surface area contributed by atoms with Crippen LogP contribution in [-0.4, -0.2) is 42.1 Å². The summed E-state index contributed by atoms with van der Waals surface area (Å²) in [5.74, 6) is 1.04. The van der Waals surface area contributed by atoms with Crippen LogP contribution < -0.4 is 5.32 Å². The lowest BCUT2D eigenvalue weighted by Crippen LogP contribution is -2.55. The molecule has 2 rings (SSSR count). The van der Waals surface area contributed by atoms with Crippen LogP contribution in [0.5, 0.6) is 0 Å². The third kappa shape index (κ3) is 4.48. The van der Waals surface area contributed by atoms with E-state index >= 15 is 0 Å². The van der Waals surface area contributed by atoms with Crippen LogP contribution in [0.1, 0.15) is 18.9 Å². The first-order valence-electron chi connectivity index (χ1n) is 6.90. The molecule has 0 radical (unpaired) electrons. The Bertz CT molecular complexity index is 380. The van der Waals surface area contributed by atoms with Crippen molar-refractivity contribution in [1.82, 2.24) is 10.2 Å². The molecule has 0 amide bonds. The van der Waals surface area contributed by atoms with E-state index in [4.69, 9.17) is 0 Å². The molecule has 1 aromatic rings. The molecule has 19 heavy (non-hydrogen) atoms. The Morgan fingerprint density at radius 3 is 2.79 bits per heavy atom. The van der Waals surface area contributed by atoms with E-state index in [9.17, 15) is 4.39 Å². The number of nitrogens with one attached hydrogen (secondary N) is 1. The molecule has 0 spiro atoms. The number of hydrogen-bond acceptors (Lipinski definition) is 3. The Morgan fingerprint density at radius 2 is 2.11 bits per heavy atom. The van der Waals surface area contributed by atoms with Gasteiger partial charge in [-0.2, -0.15) is 11.8 Å². The van der Waals surface area contributed by atoms with Gasteiger partial charge in [-0.15, -0.1) is 0 Å². The maximum atomic E-state index is 12.9. The highest BCUT2D eigenvalue weighted by Gasteiger charge is 2.25. The zero-order valence-corrected chi connectivity index (χ0v) is 12.5. The summed E-state index contributed by atoms with van der Waals surface area (Å²) in [6, 6.07) is 8.02. The summed E-state index contributed by atoms with van der Waals surface area (Å²) < 4.78 is 12.9. The van der Waals surface area contributed by atoms with Crippen LogP contribution in [-0.2, 0) is 6.54 Å². The molecule has 1 N–H and O–H groups in total. The summed E-state index contributed by atoms with van der Waals surface area (Å²) in [7, 11) is 0. The number of rotatable bonds is 5. The van der Waals surface area contributed by atoms with Gasteiger partial charge < -0.3 is 5.32 Å². The molecule has 1 aliphatic rings. The van der Waals surface area contributed by atoms with Gasteiger partial charge in [-0.1, -0.05) is 12.1 Å². The number of nitrogens with zero attached hydrogens (tertiary/aromatic N) is 1. The zero-order chi connectivity index (χ0) is 13.7. The summed E-state index contributed by atoms with van der Waals surface area (Å²) >= 11 is 1.90. The summed E-state index contributed by atoms with van der Waals surface area (Å²) in [5.41, 5.74) is 1.20. The van der Waals surface area contributed by atoms with Crippen LogP contribution >= 0.6 is 11.8 Å². The van der Waals surface area contributed by atoms with E-state index in [1.54, 1.807) is 12.1 Å². The maximum Gasteiger partial charge on any atom is 0.123 e. The van der Waals surface area contributed by atoms with E-state index < -0.39 is 0 Å². The Balaban J connectivity index is 1.98. The highest BCUT2D eigenvalue weighted by Crippen LogP contribution is 2.16. The van der Waals surface area contributed by atoms with Crippen molar-refractivity contribution < 1.29 is 4.39 Å². The summed E-state index contributed by atoms with van der Waals surface area (Å²) in [6.07, 6.45) is 3.37. The Morgan fingerprint density at radius 1 is 1.37 bits per heavy atom. The topological polar surface area (TPSA) is 15.3 Å². The zero-order valence-electron chi connectivity index (χ0n) is 11.7. The highest BCUT2D eigenvalue weighted by atomic mass is 32.2. The third-order valence-electron chi connectivity index (χ3n) is 3.68. The van der Waals surface area contributed by atoms with Gasteiger partial charge in [0, 0.05) is 31.7 Å². The summed E-state index contributed by atoms with van der Waals surface area (Å²) in [4.78, 5) is 2.53. The van der Waals surface area contributed by atoms with Gasteiger partial charge in [0.15, 0.2) is 0 Å². The average molecular weight is 282 g/mol. The van der Waals surface area contributed by atoms with Crippen molar-refractivity contribution in [2.24, 2.45) is 0 Å². The third-order valence-corrected chi connectivity index (χ3v) is 4.32. The molecule has 2 atom stereocenters. The van der Waals surface area contributed by atoms with Crippen LogP contribution in [0.4, 0.5) is 4.39 Å². The molecule has 1 heterocycles. The van der Waals surface area contributed by atoms with Crippen LogP contribution in [0.25, 0.3) is 0 Å². The van der Waals surface area contributed by atoms with E-state index in [2.05, 4.69) is 23.4 Å². The second-order valence-corrected chi connectivity index (χ2v) is 6.29. The quantitative estimate of drug-likeness (QED) is 0.894. The standard InChI is InChI=1S/C15H23FN2S/c1-12-10-18(15(9-17-12)7-8-19-2)11-13-3-5-14(16)6-4-13/h3-6,12,15,17H,7-11H2,1-2H3/t12-,15+/m0/s1. The molecule has 1 aliphatic heterocycles. The predicted molar refractivity (Wildman–Crippen MR) is 81.1 cm³/mol. The van der Waals surface area contributed by atoms with Crippen LogP contribution in [0.3, 0.4) is 0 Å². The van der Waals surface area contributed by atoms with Crippen molar-refractivity contribution in [2.75, 3.05) is 25.1 Å². The number of piperazine rings is 1. The monoisotopic (exact) mass is 282 g/mol. The molecular formula is C15H23FN2S. The number of thioether (sulfide) groups is 1. The Kier molecular flexibility index (Phi) is 5.67. The fourth-order valence-corrected chi connectivity index (χ4v) is 3.10. The fraction of sp³-hybridized carbons (Fsp3) is 0.600. The first kappa shape index (κ1) is 14.8. The Hall–Kier alpha value is -0.580. The van der Waals surface area contributed by atoms with Crippen LogP contribution in [0.2, 0.25) is 0 Å². The van der Waals surface area contributed by atoms with Crippen molar-refractivity contribution in [3.63, 3.8) is 0 Å². The highest BCUT2D eigenvalue weighted by molar-refractivity contribution is 7.98. The summed E-state index contributed by atoms with van der Waals surface area (Å²) in [6.45, 7) is 5.27. The summed E-state index contributed by atoms with van der Waals surface area (Å²) in [5, 5.41) is 3.55. The molecule has 0 unspecified atom stereocenters. The molecule has 0 aliphatic carbocycles. The normalized spacial score (nSPS) is 24.6. The van der Waals surface area contributed by atoms with Crippen molar-refractivity contribution in [3.05, 3.63) is 35.6 Å². The number of halogens is 1. The second-order valence-electron chi connectivity index (χ2n) is 5.30. The van der Waals surface area contributed by atoms with Gasteiger partial charge in [-0.05, 0) is 43.0 Å². The van der Waals surface area contributed by atoms with Crippen molar-refractivity contribution >= 4 is 11.8 Å². The Labute approximate surface area is 119 Å². The first-order valence-corrected chi connectivity index (χ1v) is 8.29. The molecule has 1 aromatic carbocycles. The van der Waals surface area contributed by atoms with Gasteiger partial charge >= 0.3 is 0 Å². The van der Waals surface area contributed by atoms with Crippen molar-refractivity contribution in [1.29, 1.82) is 0 Å². The first-order chi connectivity index (χ1) is 9.19. The van der Waals surface area contributed by atoms with E-state index in [1.165, 1.54) is 17.7 Å². The molecule has 4 heteroatoms. The fourth-order valence-electron chi connectivity index (χ4n) is 2.59. The molecule has 0 bridgehead atoms. The van der Waals surface area contributed by atoms with E-state index in [0.717, 1.165) is 19.6 Å². The average Bonchev–Trinajstić information content (AvgIpc) is 2.40. The SMILES string of the molecule is CSCC[C@@H]1CN[C@@H](C)CN1Cc1ccc(F)cc1. The van der Waals surface area contributed by atoms with E-state index in [1.807, 2.05) is 23.9 Å². The second kappa shape index (κ2) is 7.27. The van der Waals surface area contributed by atoms with Gasteiger partial charge in [0.1, 0.15) is 5.82 Å². The number of hydrogen-bond donors (Lipinski definition) is 1. The largest absolute Gasteiger partial charge is 0.311 e. The lowest BCUT2D eigenvalue weighted by molar-refractivity contribution is 0.125. The van der Waals surface area contributed by atoms with Gasteiger partial charge in [0.25, 0.3) is 0 Å². The van der Waals surface area contributed by atoms with Gasteiger partial charge in [-0.25, -0.2) is 4.39 Å². The molecule has 0 aromatic heterocycles. The lowest BCUT2D eigenvalue weighted by Gasteiger charge is -2.39. The minimum absolute atomic E-state index is 0.156. The minimum atomic E-state index is -0.156. The molecule has 106 valence electrons. The smallest absolute Gasteiger partial charge is 0.123 e. The van der Waals surface area contributed by atoms with Crippen LogP contribution in [0.15, 0.2) is 24.3 Å². The minimum Gasteiger partial charge on any atom is -0.311 e. The van der Waals surface area contributed by atoms with Crippen molar-refractivity contribution in [2.45, 2.75) is 32.0 Å². The lowest BCUT2D eigenvalue weighted by atomic mass is 10.1. The molecule has 0 saturated carbocycles. The number of benzene rings is 1. The van der Waals surface area contributed by atoms with Crippen LogP contribution in [0, 0.1) is 5.82 Å². The van der Waals surface area contributed by atoms with E-state index in [-0.39, 0.29) is 5.82 Å². The van der Waals surface area contributed by atoms with Gasteiger partial charge in [0.05, 0.1) is 0 Å². The predicted octanol–water partition coefficient (Wildman–Crippen LogP) is 2.74. The molecule has 2 nitrogen and oxygen atoms in total. The maximum absolute atomic E-state index is 12.9. The van der Waals surface area contributed by atoms with E-state index in [0.29, 0.717) is 12.1 Å². The van der Waals surface area contributed by atoms with Gasteiger partial charge in [-0.3, -0.25) is 4.90 Å². The molecular weight excluding hydrogens is 259 g/mol. The van der Waals surface area contributed by atoms with Gasteiger partial charge in [0.2, 0.25) is 0 Å². The van der Waals surface area contributed by atoms with Crippen molar-refractivity contribution in [3.8, 4) is 0 Å². The molecule has 1 saturated heterocycles.